The van der Waals surface area contributed by atoms with Gasteiger partial charge in [0, 0.05) is 116 Å². The van der Waals surface area contributed by atoms with Gasteiger partial charge in [-0.15, -0.1) is 34.0 Å². The number of rotatable bonds is 14. The average molecular weight is 1530 g/mol. The van der Waals surface area contributed by atoms with Crippen LogP contribution in [0, 0.1) is 0 Å². The first-order valence-corrected chi connectivity index (χ1v) is 42.0. The molecule has 0 N–H and O–H groups in total. The van der Waals surface area contributed by atoms with Crippen LogP contribution in [0.25, 0.3) is 193 Å². The van der Waals surface area contributed by atoms with Crippen molar-refractivity contribution in [3.63, 3.8) is 0 Å². The molecule has 0 saturated carbocycles. The largest absolute Gasteiger partial charge is 0.455 e. The number of para-hydroxylation sites is 6. The van der Waals surface area contributed by atoms with Crippen LogP contribution < -0.4 is 9.80 Å². The van der Waals surface area contributed by atoms with Gasteiger partial charge in [0.05, 0.1) is 22.7 Å². The van der Waals surface area contributed by atoms with Gasteiger partial charge in [-0.25, -0.2) is 0 Å². The van der Waals surface area contributed by atoms with E-state index in [9.17, 15) is 0 Å². The number of furan rings is 1. The maximum atomic E-state index is 6.84. The van der Waals surface area contributed by atoms with Crippen LogP contribution in [0.2, 0.25) is 0 Å². The molecule has 0 radical (unpaired) electrons. The third kappa shape index (κ3) is 11.2. The number of hydrogen-bond donors (Lipinski definition) is 0. The van der Waals surface area contributed by atoms with Crippen molar-refractivity contribution >= 4 is 172 Å². The van der Waals surface area contributed by atoms with Gasteiger partial charge in [-0.2, -0.15) is 0 Å². The molecule has 542 valence electrons. The fraction of sp³-hybridized carbons (Fsp3) is 0. The van der Waals surface area contributed by atoms with E-state index in [-0.39, 0.29) is 0 Å². The van der Waals surface area contributed by atoms with Crippen LogP contribution in [0.3, 0.4) is 0 Å². The Balaban J connectivity index is 0.656. The molecule has 0 aliphatic heterocycles. The predicted octanol–water partition coefficient (Wildman–Crippen LogP) is 33.3. The number of benzene rings is 19. The van der Waals surface area contributed by atoms with Crippen molar-refractivity contribution in [3.8, 4) is 89.0 Å². The lowest BCUT2D eigenvalue weighted by molar-refractivity contribution is 0.670. The van der Waals surface area contributed by atoms with Gasteiger partial charge < -0.3 is 14.2 Å². The van der Waals surface area contributed by atoms with E-state index >= 15 is 0 Å². The van der Waals surface area contributed by atoms with E-state index in [2.05, 4.69) is 422 Å². The highest BCUT2D eigenvalue weighted by Crippen LogP contribution is 2.54. The first-order chi connectivity index (χ1) is 57.5. The van der Waals surface area contributed by atoms with Crippen LogP contribution >= 0.6 is 34.0 Å². The highest BCUT2D eigenvalue weighted by Gasteiger charge is 2.28. The van der Waals surface area contributed by atoms with Gasteiger partial charge in [0.1, 0.15) is 11.2 Å². The molecule has 3 nitrogen and oxygen atoms in total. The second-order valence-corrected chi connectivity index (χ2v) is 33.2. The number of fused-ring (bicyclic) bond motifs is 14. The molecule has 19 aromatic carbocycles. The lowest BCUT2D eigenvalue weighted by Gasteiger charge is -2.30. The maximum absolute atomic E-state index is 6.84. The highest BCUT2D eigenvalue weighted by atomic mass is 32.1. The molecule has 0 saturated heterocycles. The van der Waals surface area contributed by atoms with E-state index in [1.165, 1.54) is 127 Å². The Kier molecular flexibility index (Phi) is 16.2. The van der Waals surface area contributed by atoms with Gasteiger partial charge in [-0.3, -0.25) is 0 Å². The summed E-state index contributed by atoms with van der Waals surface area (Å²) in [6.07, 6.45) is 0. The number of thiophene rings is 3. The molecule has 4 aromatic heterocycles. The van der Waals surface area contributed by atoms with Crippen molar-refractivity contribution in [2.24, 2.45) is 0 Å². The average Bonchev–Trinajstić information content (AvgIpc) is 1.49. The SMILES string of the molecule is c1cc(-c2cccc(N(c3ccccc3-c3cccc4ccccc34)c3ccccc3-c3cccc4c3sc3c(-c5ccc6sc7cccc(-c8cccc(N(c9ccccc9-c9cccc%10ccccc9%10)c9ccccc9-c9cccc%10c9oc9ccccc9%10)c8)c7c6c5)cccc34)c2)cc(-c2cccc3c2sc2ccccc23)c1. The zero-order valence-electron chi connectivity index (χ0n) is 62.8. The zero-order chi connectivity index (χ0) is 76.3. The summed E-state index contributed by atoms with van der Waals surface area (Å²) in [5.74, 6) is 0. The van der Waals surface area contributed by atoms with Crippen molar-refractivity contribution in [1.29, 1.82) is 0 Å². The van der Waals surface area contributed by atoms with Crippen molar-refractivity contribution in [2.45, 2.75) is 0 Å². The molecule has 0 spiro atoms. The molecule has 23 aromatic rings. The van der Waals surface area contributed by atoms with E-state index in [0.717, 1.165) is 101 Å². The summed E-state index contributed by atoms with van der Waals surface area (Å²) < 4.78 is 14.5. The Bertz CT molecular complexity index is 7890. The molecule has 0 aliphatic rings. The summed E-state index contributed by atoms with van der Waals surface area (Å²) in [7, 11) is 0. The van der Waals surface area contributed by atoms with Gasteiger partial charge in [0.15, 0.2) is 0 Å². The van der Waals surface area contributed by atoms with E-state index in [1.807, 2.05) is 34.0 Å². The molecular weight excluding hydrogens is 1460 g/mol. The number of anilines is 6. The molecule has 116 heavy (non-hydrogen) atoms. The van der Waals surface area contributed by atoms with Gasteiger partial charge in [-0.1, -0.05) is 328 Å². The summed E-state index contributed by atoms with van der Waals surface area (Å²) >= 11 is 5.65. The summed E-state index contributed by atoms with van der Waals surface area (Å²) in [6, 6.07) is 153. The van der Waals surface area contributed by atoms with E-state index in [4.69, 9.17) is 4.42 Å². The third-order valence-electron chi connectivity index (χ3n) is 23.5. The minimum atomic E-state index is 0.870. The first kappa shape index (κ1) is 67.5. The fourth-order valence-corrected chi connectivity index (χ4v) is 22.0. The van der Waals surface area contributed by atoms with Crippen molar-refractivity contribution < 1.29 is 4.42 Å². The lowest BCUT2D eigenvalue weighted by Crippen LogP contribution is -2.12. The van der Waals surface area contributed by atoms with Crippen LogP contribution in [-0.2, 0) is 0 Å². The number of nitrogens with zero attached hydrogens (tertiary/aromatic N) is 2. The van der Waals surface area contributed by atoms with E-state index < -0.39 is 0 Å². The molecule has 23 rings (SSSR count). The smallest absolute Gasteiger partial charge is 0.143 e. The Morgan fingerprint density at radius 3 is 1.20 bits per heavy atom. The molecule has 0 unspecified atom stereocenters. The predicted molar refractivity (Wildman–Crippen MR) is 500 cm³/mol. The van der Waals surface area contributed by atoms with Crippen LogP contribution in [-0.4, -0.2) is 0 Å². The van der Waals surface area contributed by atoms with Crippen LogP contribution in [0.1, 0.15) is 0 Å². The lowest BCUT2D eigenvalue weighted by atomic mass is 9.94. The molecule has 0 amide bonds. The molecule has 0 aliphatic carbocycles. The molecule has 4 heterocycles. The highest BCUT2D eigenvalue weighted by molar-refractivity contribution is 7.27. The second kappa shape index (κ2) is 27.8. The van der Waals surface area contributed by atoms with Crippen molar-refractivity contribution in [3.05, 3.63) is 413 Å². The van der Waals surface area contributed by atoms with Crippen LogP contribution in [0.4, 0.5) is 34.1 Å². The summed E-state index contributed by atoms with van der Waals surface area (Å²) in [5, 5.41) is 14.6. The van der Waals surface area contributed by atoms with Gasteiger partial charge >= 0.3 is 0 Å². The molecule has 6 heteroatoms. The van der Waals surface area contributed by atoms with E-state index in [0.29, 0.717) is 0 Å². The topological polar surface area (TPSA) is 19.6 Å². The van der Waals surface area contributed by atoms with Gasteiger partial charge in [0.25, 0.3) is 0 Å². The Morgan fingerprint density at radius 1 is 0.190 bits per heavy atom. The third-order valence-corrected chi connectivity index (χ3v) is 27.1. The minimum absolute atomic E-state index is 0.870. The van der Waals surface area contributed by atoms with Gasteiger partial charge in [-0.05, 0) is 162 Å². The zero-order valence-corrected chi connectivity index (χ0v) is 65.2. The second-order valence-electron chi connectivity index (χ2n) is 30.0. The van der Waals surface area contributed by atoms with Crippen LogP contribution in [0.5, 0.6) is 0 Å². The monoisotopic (exact) mass is 1530 g/mol. The van der Waals surface area contributed by atoms with Crippen molar-refractivity contribution in [1.82, 2.24) is 0 Å². The summed E-state index contributed by atoms with van der Waals surface area (Å²) in [5.41, 5.74) is 26.7. The fourth-order valence-electron chi connectivity index (χ4n) is 18.3. The maximum Gasteiger partial charge on any atom is 0.143 e. The van der Waals surface area contributed by atoms with Crippen LogP contribution in [0.15, 0.2) is 417 Å². The molecule has 0 fully saturated rings. The standard InChI is InChI=1S/C110H68N2OS3/c1-3-37-78-69(27-1)29-20-48-83(78)85-39-5-11-56-98(85)111(76-35-18-32-72(66-76)71-31-17-33-73(65-71)81-46-22-53-94-90-44-10-16-61-103(90)115-108(81)94)101-59-14-8-42-88(101)93-52-25-55-96-95-54-23-47-82(109(95)116-110(93)96)75-63-64-104-97(68-75)106-80(45-26-62-105(106)114-104)74-34-19-36-77(67-74)112(99-57-12-6-40-86(99)84-49-21-30-70-28-2-4-38-79(70)84)100-58-13-7-41-87(100)91-50-24-51-92-89-43-9-15-60-102(89)113-107(91)92/h1-68H. The quantitative estimate of drug-likeness (QED) is 0.108. The first-order valence-electron chi connectivity index (χ1n) is 39.5. The summed E-state index contributed by atoms with van der Waals surface area (Å²) in [4.78, 5) is 5.00. The Morgan fingerprint density at radius 2 is 0.560 bits per heavy atom. The Labute approximate surface area is 682 Å². The minimum Gasteiger partial charge on any atom is -0.455 e. The molecule has 0 atom stereocenters. The Hall–Kier alpha value is -14.2. The van der Waals surface area contributed by atoms with Crippen molar-refractivity contribution in [2.75, 3.05) is 9.80 Å². The summed E-state index contributed by atoms with van der Waals surface area (Å²) in [6.45, 7) is 0. The van der Waals surface area contributed by atoms with Gasteiger partial charge in [0.2, 0.25) is 0 Å². The van der Waals surface area contributed by atoms with E-state index in [1.54, 1.807) is 0 Å². The number of hydrogen-bond acceptors (Lipinski definition) is 6. The molecular formula is C110H68N2OS3. The normalized spacial score (nSPS) is 11.8. The molecule has 0 bridgehead atoms.